The van der Waals surface area contributed by atoms with E-state index in [2.05, 4.69) is 84.5 Å². The molecule has 0 unspecified atom stereocenters. The fraction of sp³-hybridized carbons (Fsp3) is 0.118. The number of pyridine rings is 3. The summed E-state index contributed by atoms with van der Waals surface area (Å²) in [7, 11) is 0. The van der Waals surface area contributed by atoms with Crippen LogP contribution in [0.3, 0.4) is 0 Å². The van der Waals surface area contributed by atoms with E-state index < -0.39 is 0 Å². The number of fused-ring (bicyclic) bond motifs is 5. The number of nitrogens with zero attached hydrogens (tertiary/aromatic N) is 3. The van der Waals surface area contributed by atoms with Crippen LogP contribution in [-0.2, 0) is 20.1 Å². The van der Waals surface area contributed by atoms with Crippen LogP contribution >= 0.6 is 0 Å². The zero-order valence-corrected chi connectivity index (χ0v) is 24.6. The van der Waals surface area contributed by atoms with E-state index in [9.17, 15) is 0 Å². The van der Waals surface area contributed by atoms with Gasteiger partial charge in [0.05, 0.1) is 17.3 Å². The zero-order chi connectivity index (χ0) is 26.2. The predicted molar refractivity (Wildman–Crippen MR) is 154 cm³/mol. The van der Waals surface area contributed by atoms with Gasteiger partial charge in [-0.05, 0) is 62.3 Å². The second kappa shape index (κ2) is 11.0. The van der Waals surface area contributed by atoms with Crippen molar-refractivity contribution in [3.05, 3.63) is 126 Å². The normalized spacial score (nSPS) is 10.9. The van der Waals surface area contributed by atoms with Crippen molar-refractivity contribution in [2.24, 2.45) is 0 Å². The van der Waals surface area contributed by atoms with Crippen molar-refractivity contribution >= 4 is 27.5 Å². The van der Waals surface area contributed by atoms with Crippen molar-refractivity contribution in [2.75, 3.05) is 0 Å². The third-order valence-electron chi connectivity index (χ3n) is 7.07. The maximum atomic E-state index is 6.20. The molecule has 39 heavy (non-hydrogen) atoms. The van der Waals surface area contributed by atoms with Gasteiger partial charge in [0.2, 0.25) is 0 Å². The molecule has 0 bridgehead atoms. The predicted octanol–water partition coefficient (Wildman–Crippen LogP) is 8.48. The second-order valence-corrected chi connectivity index (χ2v) is 9.64. The minimum atomic E-state index is 0. The average Bonchev–Trinajstić information content (AvgIpc) is 3.49. The first kappa shape index (κ1) is 26.6. The summed E-state index contributed by atoms with van der Waals surface area (Å²) in [5.74, 6) is 0. The molecule has 5 aromatic heterocycles. The van der Waals surface area contributed by atoms with E-state index in [4.69, 9.17) is 4.42 Å². The quantitative estimate of drug-likeness (QED) is 0.172. The number of aromatic nitrogens is 3. The van der Waals surface area contributed by atoms with Gasteiger partial charge in [0, 0.05) is 44.1 Å². The molecule has 0 atom stereocenters. The van der Waals surface area contributed by atoms with Gasteiger partial charge in [-0.15, -0.1) is 54.1 Å². The van der Waals surface area contributed by atoms with E-state index in [1.165, 1.54) is 22.3 Å². The van der Waals surface area contributed by atoms with E-state index in [0.717, 1.165) is 50.0 Å². The molecule has 5 heterocycles. The molecule has 0 saturated carbocycles. The molecule has 0 aliphatic rings. The molecule has 4 nitrogen and oxygen atoms in total. The number of hydrogen-bond donors (Lipinski definition) is 0. The molecule has 0 amide bonds. The summed E-state index contributed by atoms with van der Waals surface area (Å²) in [5.41, 5.74) is 11.7. The van der Waals surface area contributed by atoms with Crippen molar-refractivity contribution in [2.45, 2.75) is 27.7 Å². The number of rotatable bonds is 2. The van der Waals surface area contributed by atoms with Gasteiger partial charge < -0.3 is 18.8 Å². The monoisotopic (exact) mass is 686 g/mol. The van der Waals surface area contributed by atoms with Crippen LogP contribution in [0.4, 0.5) is 0 Å². The smallest absolute Gasteiger partial charge is 0.139 e. The van der Waals surface area contributed by atoms with Crippen molar-refractivity contribution in [1.82, 2.24) is 14.4 Å². The molecule has 0 N–H and O–H groups in total. The summed E-state index contributed by atoms with van der Waals surface area (Å²) in [6, 6.07) is 28.8. The van der Waals surface area contributed by atoms with Gasteiger partial charge >= 0.3 is 0 Å². The minimum absolute atomic E-state index is 0. The van der Waals surface area contributed by atoms with E-state index in [1.54, 1.807) is 0 Å². The molecule has 0 aliphatic carbocycles. The van der Waals surface area contributed by atoms with Crippen LogP contribution in [0, 0.1) is 39.8 Å². The largest absolute Gasteiger partial charge is 0.499 e. The van der Waals surface area contributed by atoms with Crippen LogP contribution < -0.4 is 0 Å². The Bertz CT molecular complexity index is 1920. The Hall–Kier alpha value is -4.05. The molecule has 5 heteroatoms. The Morgan fingerprint density at radius 2 is 1.46 bits per heavy atom. The first-order chi connectivity index (χ1) is 18.5. The van der Waals surface area contributed by atoms with Crippen molar-refractivity contribution in [1.29, 1.82) is 0 Å². The first-order valence-electron chi connectivity index (χ1n) is 12.7. The fourth-order valence-corrected chi connectivity index (χ4v) is 4.62. The minimum Gasteiger partial charge on any atom is -0.499 e. The summed E-state index contributed by atoms with van der Waals surface area (Å²) in [6.07, 6.45) is 7.89. The number of hydrogen-bond acceptors (Lipinski definition) is 3. The number of aryl methyl sites for hydroxylation is 4. The summed E-state index contributed by atoms with van der Waals surface area (Å²) >= 11 is 0. The molecule has 1 radical (unpaired) electrons. The molecule has 195 valence electrons. The van der Waals surface area contributed by atoms with Crippen molar-refractivity contribution in [3.63, 3.8) is 0 Å². The molecule has 0 spiro atoms. The summed E-state index contributed by atoms with van der Waals surface area (Å²) < 4.78 is 8.30. The average molecular weight is 686 g/mol. The number of furan rings is 1. The molecule has 0 saturated heterocycles. The van der Waals surface area contributed by atoms with Crippen molar-refractivity contribution in [3.8, 4) is 22.5 Å². The molecular formula is C34H27IrN3O-2. The van der Waals surface area contributed by atoms with E-state index in [-0.39, 0.29) is 20.1 Å². The van der Waals surface area contributed by atoms with E-state index in [1.807, 2.05) is 61.2 Å². The molecule has 0 aliphatic heterocycles. The molecule has 7 aromatic rings. The SMILES string of the molecule is Cc1cnc(-c2[c-]ccc3c2oc2cn4ccccc4c23)cc1C.Cc1cnc(-c2[c-]cccc2)cc1C.[Ir]. The summed E-state index contributed by atoms with van der Waals surface area (Å²) in [4.78, 5) is 8.96. The van der Waals surface area contributed by atoms with E-state index in [0.29, 0.717) is 0 Å². The number of benzene rings is 2. The van der Waals surface area contributed by atoms with E-state index >= 15 is 0 Å². The third-order valence-corrected chi connectivity index (χ3v) is 7.07. The maximum absolute atomic E-state index is 6.20. The van der Waals surface area contributed by atoms with Crippen LogP contribution in [0.5, 0.6) is 0 Å². The topological polar surface area (TPSA) is 43.3 Å². The first-order valence-corrected chi connectivity index (χ1v) is 12.7. The zero-order valence-electron chi connectivity index (χ0n) is 22.2. The van der Waals surface area contributed by atoms with Crippen LogP contribution in [0.25, 0.3) is 50.0 Å². The van der Waals surface area contributed by atoms with Gasteiger partial charge in [-0.1, -0.05) is 40.3 Å². The molecule has 7 rings (SSSR count). The van der Waals surface area contributed by atoms with Gasteiger partial charge in [-0.2, -0.15) is 0 Å². The molecule has 0 fully saturated rings. The van der Waals surface area contributed by atoms with Gasteiger partial charge in [-0.3, -0.25) is 0 Å². The summed E-state index contributed by atoms with van der Waals surface area (Å²) in [5, 5.41) is 2.25. The van der Waals surface area contributed by atoms with Gasteiger partial charge in [0.15, 0.2) is 0 Å². The van der Waals surface area contributed by atoms with Crippen LogP contribution in [0.2, 0.25) is 0 Å². The van der Waals surface area contributed by atoms with Crippen molar-refractivity contribution < 1.29 is 24.5 Å². The Kier molecular flexibility index (Phi) is 7.47. The Morgan fingerprint density at radius 3 is 2.18 bits per heavy atom. The Labute approximate surface area is 241 Å². The Balaban J connectivity index is 0.000000177. The van der Waals surface area contributed by atoms with Gasteiger partial charge in [0.1, 0.15) is 5.58 Å². The molecular weight excluding hydrogens is 659 g/mol. The second-order valence-electron chi connectivity index (χ2n) is 9.64. The standard InChI is InChI=1S/C21H15N2O.C13H12N.Ir/c1-13-10-17(22-11-14(13)2)15-6-5-7-16-20-18-8-3-4-9-23(18)12-19(20)24-21(15)16;1-10-8-13(14-9-11(10)2)12-6-4-3-5-7-12;/h3-5,7-12H,1-2H3;3-6,8-9H,1-2H3;/q2*-1;. The van der Waals surface area contributed by atoms with Crippen LogP contribution in [0.1, 0.15) is 22.3 Å². The molecule has 2 aromatic carbocycles. The van der Waals surface area contributed by atoms with Crippen LogP contribution in [-0.4, -0.2) is 14.4 Å². The third kappa shape index (κ3) is 5.04. The van der Waals surface area contributed by atoms with Gasteiger partial charge in [-0.25, -0.2) is 0 Å². The Morgan fingerprint density at radius 1 is 0.744 bits per heavy atom. The van der Waals surface area contributed by atoms with Crippen LogP contribution in [0.15, 0.2) is 95.9 Å². The van der Waals surface area contributed by atoms with Gasteiger partial charge in [0.25, 0.3) is 0 Å². The maximum Gasteiger partial charge on any atom is 0.139 e. The summed E-state index contributed by atoms with van der Waals surface area (Å²) in [6.45, 7) is 8.34. The fourth-order valence-electron chi connectivity index (χ4n) is 4.62.